The largest absolute Gasteiger partial charge is 0.396 e. The summed E-state index contributed by atoms with van der Waals surface area (Å²) in [5.41, 5.74) is 5.43. The van der Waals surface area contributed by atoms with Crippen molar-refractivity contribution >= 4 is 17.8 Å². The molecular formula is C8H13N5O2. The number of amides is 1. The Morgan fingerprint density at radius 3 is 2.87 bits per heavy atom. The van der Waals surface area contributed by atoms with Gasteiger partial charge in [-0.25, -0.2) is 4.68 Å². The number of aromatic nitrogens is 3. The van der Waals surface area contributed by atoms with Crippen LogP contribution in [-0.4, -0.2) is 38.9 Å². The van der Waals surface area contributed by atoms with E-state index in [0.717, 1.165) is 0 Å². The molecule has 1 aliphatic heterocycles. The Balaban J connectivity index is 2.25. The van der Waals surface area contributed by atoms with Crippen LogP contribution in [-0.2, 0) is 11.8 Å². The van der Waals surface area contributed by atoms with E-state index in [1.807, 2.05) is 0 Å². The van der Waals surface area contributed by atoms with Gasteiger partial charge in [0.05, 0.1) is 0 Å². The number of hydrogen-bond donors (Lipinski definition) is 2. The molecule has 0 spiro atoms. The van der Waals surface area contributed by atoms with Crippen molar-refractivity contribution in [2.75, 3.05) is 23.8 Å². The smallest absolute Gasteiger partial charge is 0.241 e. The topological polar surface area (TPSA) is 97.3 Å². The van der Waals surface area contributed by atoms with Crippen LogP contribution in [0.5, 0.6) is 0 Å². The molecule has 0 radical (unpaired) electrons. The maximum atomic E-state index is 11.6. The van der Waals surface area contributed by atoms with Gasteiger partial charge < -0.3 is 10.8 Å². The summed E-state index contributed by atoms with van der Waals surface area (Å²) < 4.78 is 1.47. The third kappa shape index (κ3) is 1.65. The first kappa shape index (κ1) is 9.91. The van der Waals surface area contributed by atoms with Gasteiger partial charge >= 0.3 is 0 Å². The second-order valence-corrected chi connectivity index (χ2v) is 3.65. The lowest BCUT2D eigenvalue weighted by atomic mass is 10.1. The fourth-order valence-corrected chi connectivity index (χ4v) is 1.73. The standard InChI is InChI=1S/C8H13N5O2/c1-12-8(10-7(9)11-12)13-3-5(4-14)2-6(13)15/h5,14H,2-4H2,1H3,(H2,9,11). The molecule has 1 saturated heterocycles. The third-order valence-corrected chi connectivity index (χ3v) is 2.46. The molecule has 15 heavy (non-hydrogen) atoms. The first-order chi connectivity index (χ1) is 7.11. The SMILES string of the molecule is Cn1nc(N)nc1N1CC(CO)CC1=O. The number of aryl methyl sites for hydroxylation is 1. The number of rotatable bonds is 2. The summed E-state index contributed by atoms with van der Waals surface area (Å²) in [5, 5.41) is 12.8. The number of aliphatic hydroxyl groups excluding tert-OH is 1. The fourth-order valence-electron chi connectivity index (χ4n) is 1.73. The number of hydrogen-bond acceptors (Lipinski definition) is 5. The number of nitrogens with zero attached hydrogens (tertiary/aromatic N) is 4. The van der Waals surface area contributed by atoms with Gasteiger partial charge in [0.1, 0.15) is 0 Å². The summed E-state index contributed by atoms with van der Waals surface area (Å²) in [4.78, 5) is 17.1. The molecule has 7 heteroatoms. The molecule has 1 unspecified atom stereocenters. The molecule has 2 rings (SSSR count). The summed E-state index contributed by atoms with van der Waals surface area (Å²) in [6.07, 6.45) is 0.350. The molecule has 1 aromatic rings. The molecule has 0 saturated carbocycles. The number of carbonyl (C=O) groups excluding carboxylic acids is 1. The van der Waals surface area contributed by atoms with Crippen LogP contribution in [0.3, 0.4) is 0 Å². The lowest BCUT2D eigenvalue weighted by Gasteiger charge is -2.13. The highest BCUT2D eigenvalue weighted by Gasteiger charge is 2.32. The summed E-state index contributed by atoms with van der Waals surface area (Å²) >= 11 is 0. The zero-order chi connectivity index (χ0) is 11.0. The van der Waals surface area contributed by atoms with E-state index >= 15 is 0 Å². The van der Waals surface area contributed by atoms with Crippen molar-refractivity contribution in [1.82, 2.24) is 14.8 Å². The van der Waals surface area contributed by atoms with Crippen LogP contribution in [0.1, 0.15) is 6.42 Å². The van der Waals surface area contributed by atoms with Crippen molar-refractivity contribution in [3.63, 3.8) is 0 Å². The van der Waals surface area contributed by atoms with Crippen LogP contribution in [0.25, 0.3) is 0 Å². The lowest BCUT2D eigenvalue weighted by molar-refractivity contribution is -0.117. The maximum absolute atomic E-state index is 11.6. The Bertz CT molecular complexity index is 388. The highest BCUT2D eigenvalue weighted by atomic mass is 16.3. The predicted molar refractivity (Wildman–Crippen MR) is 53.0 cm³/mol. The number of anilines is 2. The monoisotopic (exact) mass is 211 g/mol. The lowest BCUT2D eigenvalue weighted by Crippen LogP contribution is -2.27. The zero-order valence-electron chi connectivity index (χ0n) is 8.42. The Morgan fingerprint density at radius 2 is 2.40 bits per heavy atom. The normalized spacial score (nSPS) is 21.3. The number of nitrogens with two attached hydrogens (primary N) is 1. The van der Waals surface area contributed by atoms with E-state index in [0.29, 0.717) is 18.9 Å². The minimum absolute atomic E-state index is 0.00950. The van der Waals surface area contributed by atoms with Crippen LogP contribution < -0.4 is 10.6 Å². The molecular weight excluding hydrogens is 198 g/mol. The second kappa shape index (κ2) is 3.50. The fraction of sp³-hybridized carbons (Fsp3) is 0.625. The van der Waals surface area contributed by atoms with Gasteiger partial charge in [-0.1, -0.05) is 0 Å². The molecule has 82 valence electrons. The summed E-state index contributed by atoms with van der Waals surface area (Å²) in [6, 6.07) is 0. The van der Waals surface area contributed by atoms with Crippen molar-refractivity contribution in [2.45, 2.75) is 6.42 Å². The number of nitrogen functional groups attached to an aromatic ring is 1. The third-order valence-electron chi connectivity index (χ3n) is 2.46. The molecule has 1 atom stereocenters. The van der Waals surface area contributed by atoms with E-state index in [1.54, 1.807) is 7.05 Å². The van der Waals surface area contributed by atoms with E-state index in [-0.39, 0.29) is 24.4 Å². The molecule has 0 aliphatic carbocycles. The molecule has 3 N–H and O–H groups in total. The van der Waals surface area contributed by atoms with Crippen molar-refractivity contribution < 1.29 is 9.90 Å². The molecule has 1 aromatic heterocycles. The molecule has 7 nitrogen and oxygen atoms in total. The van der Waals surface area contributed by atoms with Gasteiger partial charge in [-0.2, -0.15) is 4.98 Å². The average molecular weight is 211 g/mol. The van der Waals surface area contributed by atoms with Gasteiger partial charge in [0.2, 0.25) is 17.8 Å². The van der Waals surface area contributed by atoms with Crippen molar-refractivity contribution in [2.24, 2.45) is 13.0 Å². The predicted octanol–water partition coefficient (Wildman–Crippen LogP) is -1.26. The van der Waals surface area contributed by atoms with Crippen molar-refractivity contribution in [3.8, 4) is 0 Å². The van der Waals surface area contributed by atoms with E-state index in [1.165, 1.54) is 9.58 Å². The highest BCUT2D eigenvalue weighted by molar-refractivity contribution is 5.94. The Kier molecular flexibility index (Phi) is 2.31. The molecule has 0 aromatic carbocycles. The van der Waals surface area contributed by atoms with Gasteiger partial charge in [0, 0.05) is 32.5 Å². The van der Waals surface area contributed by atoms with Crippen LogP contribution in [0.15, 0.2) is 0 Å². The highest BCUT2D eigenvalue weighted by Crippen LogP contribution is 2.22. The van der Waals surface area contributed by atoms with E-state index in [4.69, 9.17) is 10.8 Å². The summed E-state index contributed by atoms with van der Waals surface area (Å²) in [5.74, 6) is 0.515. The zero-order valence-corrected chi connectivity index (χ0v) is 8.42. The Labute approximate surface area is 86.5 Å². The van der Waals surface area contributed by atoms with Crippen LogP contribution in [0.4, 0.5) is 11.9 Å². The average Bonchev–Trinajstić information content (AvgIpc) is 2.69. The summed E-state index contributed by atoms with van der Waals surface area (Å²) in [6.45, 7) is 0.483. The van der Waals surface area contributed by atoms with Gasteiger partial charge in [-0.15, -0.1) is 5.10 Å². The van der Waals surface area contributed by atoms with Crippen molar-refractivity contribution in [3.05, 3.63) is 0 Å². The van der Waals surface area contributed by atoms with Gasteiger partial charge in [-0.3, -0.25) is 9.69 Å². The minimum Gasteiger partial charge on any atom is -0.396 e. The van der Waals surface area contributed by atoms with E-state index in [2.05, 4.69) is 10.1 Å². The van der Waals surface area contributed by atoms with E-state index in [9.17, 15) is 4.79 Å². The van der Waals surface area contributed by atoms with Gasteiger partial charge in [-0.05, 0) is 0 Å². The molecule has 2 heterocycles. The second-order valence-electron chi connectivity index (χ2n) is 3.65. The summed E-state index contributed by atoms with van der Waals surface area (Å²) in [7, 11) is 1.68. The minimum atomic E-state index is -0.0513. The first-order valence-corrected chi connectivity index (χ1v) is 4.69. The number of carbonyl (C=O) groups is 1. The van der Waals surface area contributed by atoms with E-state index < -0.39 is 0 Å². The molecule has 1 amide bonds. The number of aliphatic hydroxyl groups is 1. The maximum Gasteiger partial charge on any atom is 0.241 e. The van der Waals surface area contributed by atoms with Crippen molar-refractivity contribution in [1.29, 1.82) is 0 Å². The molecule has 1 fully saturated rings. The van der Waals surface area contributed by atoms with Crippen LogP contribution in [0.2, 0.25) is 0 Å². The first-order valence-electron chi connectivity index (χ1n) is 4.69. The molecule has 1 aliphatic rings. The quantitative estimate of drug-likeness (QED) is 0.636. The van der Waals surface area contributed by atoms with Crippen LogP contribution in [0, 0.1) is 5.92 Å². The van der Waals surface area contributed by atoms with Gasteiger partial charge in [0.15, 0.2) is 0 Å². The van der Waals surface area contributed by atoms with Gasteiger partial charge in [0.25, 0.3) is 0 Å². The Hall–Kier alpha value is -1.63. The molecule has 0 bridgehead atoms. The Morgan fingerprint density at radius 1 is 1.67 bits per heavy atom. The van der Waals surface area contributed by atoms with Crippen LogP contribution >= 0.6 is 0 Å².